The smallest absolute Gasteiger partial charge is 0.0934 e. The Hall–Kier alpha value is -0.0500. The zero-order chi connectivity index (χ0) is 7.14. The summed E-state index contributed by atoms with van der Waals surface area (Å²) in [5.74, 6) is 0. The minimum Gasteiger partial charge on any atom is -0.324 e. The molecular formula is C7H8ClNS. The van der Waals surface area contributed by atoms with Gasteiger partial charge in [0, 0.05) is 10.9 Å². The van der Waals surface area contributed by atoms with E-state index >= 15 is 0 Å². The highest BCUT2D eigenvalue weighted by Crippen LogP contribution is 2.37. The molecule has 2 N–H and O–H groups in total. The van der Waals surface area contributed by atoms with Crippen molar-refractivity contribution >= 4 is 22.9 Å². The van der Waals surface area contributed by atoms with Crippen LogP contribution in [0, 0.1) is 0 Å². The first-order valence-electron chi connectivity index (χ1n) is 3.31. The second kappa shape index (κ2) is 2.22. The number of thiophene rings is 1. The number of nitrogens with two attached hydrogens (primary N) is 1. The van der Waals surface area contributed by atoms with E-state index in [2.05, 4.69) is 0 Å². The normalized spacial score (nSPS) is 23.2. The Morgan fingerprint density at radius 3 is 3.20 bits per heavy atom. The molecule has 0 saturated heterocycles. The molecule has 0 aliphatic heterocycles. The molecule has 0 unspecified atom stereocenters. The van der Waals surface area contributed by atoms with Crippen LogP contribution in [0.15, 0.2) is 6.07 Å². The van der Waals surface area contributed by atoms with Gasteiger partial charge in [0.05, 0.1) is 4.34 Å². The van der Waals surface area contributed by atoms with Gasteiger partial charge in [-0.3, -0.25) is 0 Å². The molecular weight excluding hydrogens is 166 g/mol. The van der Waals surface area contributed by atoms with Gasteiger partial charge in [0.2, 0.25) is 0 Å². The molecule has 1 nitrogen and oxygen atoms in total. The molecule has 0 fully saturated rings. The zero-order valence-electron chi connectivity index (χ0n) is 5.43. The molecule has 1 atom stereocenters. The Kier molecular flexibility index (Phi) is 1.48. The first-order valence-corrected chi connectivity index (χ1v) is 4.50. The Balaban J connectivity index is 2.49. The highest BCUT2D eigenvalue weighted by molar-refractivity contribution is 7.16. The number of hydrogen-bond acceptors (Lipinski definition) is 2. The zero-order valence-corrected chi connectivity index (χ0v) is 7.00. The van der Waals surface area contributed by atoms with Gasteiger partial charge in [-0.15, -0.1) is 11.3 Å². The highest BCUT2D eigenvalue weighted by atomic mass is 35.5. The molecule has 1 aromatic heterocycles. The summed E-state index contributed by atoms with van der Waals surface area (Å²) in [5.41, 5.74) is 7.08. The molecule has 2 rings (SSSR count). The van der Waals surface area contributed by atoms with E-state index in [4.69, 9.17) is 17.3 Å². The van der Waals surface area contributed by atoms with Gasteiger partial charge in [0.25, 0.3) is 0 Å². The summed E-state index contributed by atoms with van der Waals surface area (Å²) in [7, 11) is 0. The van der Waals surface area contributed by atoms with E-state index in [1.807, 2.05) is 6.07 Å². The molecule has 1 aliphatic carbocycles. The van der Waals surface area contributed by atoms with Gasteiger partial charge < -0.3 is 5.73 Å². The van der Waals surface area contributed by atoms with Crippen LogP contribution < -0.4 is 5.73 Å². The van der Waals surface area contributed by atoms with Crippen molar-refractivity contribution in [3.63, 3.8) is 0 Å². The topological polar surface area (TPSA) is 26.0 Å². The van der Waals surface area contributed by atoms with E-state index in [1.54, 1.807) is 11.3 Å². The first-order chi connectivity index (χ1) is 4.77. The molecule has 0 aromatic carbocycles. The summed E-state index contributed by atoms with van der Waals surface area (Å²) in [6, 6.07) is 2.25. The maximum Gasteiger partial charge on any atom is 0.0934 e. The van der Waals surface area contributed by atoms with Crippen LogP contribution in [0.3, 0.4) is 0 Å². The molecule has 0 radical (unpaired) electrons. The van der Waals surface area contributed by atoms with E-state index in [0.717, 1.165) is 17.2 Å². The van der Waals surface area contributed by atoms with Gasteiger partial charge in [-0.2, -0.15) is 0 Å². The highest BCUT2D eigenvalue weighted by Gasteiger charge is 2.21. The van der Waals surface area contributed by atoms with Gasteiger partial charge in [-0.05, 0) is 24.5 Å². The second-order valence-electron chi connectivity index (χ2n) is 2.57. The lowest BCUT2D eigenvalue weighted by atomic mass is 10.2. The summed E-state index contributed by atoms with van der Waals surface area (Å²) in [5, 5.41) is 0. The number of fused-ring (bicyclic) bond motifs is 1. The van der Waals surface area contributed by atoms with Crippen molar-refractivity contribution in [1.82, 2.24) is 0 Å². The Morgan fingerprint density at radius 2 is 2.50 bits per heavy atom. The van der Waals surface area contributed by atoms with Gasteiger partial charge in [-0.1, -0.05) is 11.6 Å². The fraction of sp³-hybridized carbons (Fsp3) is 0.429. The predicted octanol–water partition coefficient (Wildman–Crippen LogP) is 2.35. The average molecular weight is 174 g/mol. The molecule has 0 spiro atoms. The van der Waals surface area contributed by atoms with Crippen molar-refractivity contribution in [1.29, 1.82) is 0 Å². The third-order valence-electron chi connectivity index (χ3n) is 1.89. The molecule has 0 saturated carbocycles. The second-order valence-corrected chi connectivity index (χ2v) is 4.34. The summed E-state index contributed by atoms with van der Waals surface area (Å²) in [4.78, 5) is 1.39. The first kappa shape index (κ1) is 6.65. The summed E-state index contributed by atoms with van der Waals surface area (Å²) < 4.78 is 0.875. The maximum absolute atomic E-state index is 5.81. The van der Waals surface area contributed by atoms with Crippen LogP contribution in [0.25, 0.3) is 0 Å². The van der Waals surface area contributed by atoms with Crippen molar-refractivity contribution in [3.05, 3.63) is 20.8 Å². The van der Waals surface area contributed by atoms with E-state index in [-0.39, 0.29) is 6.04 Å². The maximum atomic E-state index is 5.81. The van der Waals surface area contributed by atoms with Crippen molar-refractivity contribution in [3.8, 4) is 0 Å². The average Bonchev–Trinajstić information content (AvgIpc) is 2.35. The van der Waals surface area contributed by atoms with Crippen LogP contribution in [0.1, 0.15) is 22.9 Å². The molecule has 10 heavy (non-hydrogen) atoms. The molecule has 0 bridgehead atoms. The van der Waals surface area contributed by atoms with E-state index in [9.17, 15) is 0 Å². The predicted molar refractivity (Wildman–Crippen MR) is 44.6 cm³/mol. The van der Waals surface area contributed by atoms with Crippen molar-refractivity contribution < 1.29 is 0 Å². The lowest BCUT2D eigenvalue weighted by Gasteiger charge is -1.97. The monoisotopic (exact) mass is 173 g/mol. The SMILES string of the molecule is N[C@@H]1CCc2sc(Cl)cc21. The van der Waals surface area contributed by atoms with Gasteiger partial charge in [0.15, 0.2) is 0 Å². The number of hydrogen-bond donors (Lipinski definition) is 1. The van der Waals surface area contributed by atoms with E-state index < -0.39 is 0 Å². The lowest BCUT2D eigenvalue weighted by Crippen LogP contribution is -2.03. The third-order valence-corrected chi connectivity index (χ3v) is 3.23. The Bertz CT molecular complexity index is 256. The van der Waals surface area contributed by atoms with Crippen LogP contribution in [-0.4, -0.2) is 0 Å². The summed E-state index contributed by atoms with van der Waals surface area (Å²) >= 11 is 7.47. The van der Waals surface area contributed by atoms with Crippen molar-refractivity contribution in [2.45, 2.75) is 18.9 Å². The van der Waals surface area contributed by atoms with Crippen LogP contribution in [0.2, 0.25) is 4.34 Å². The molecule has 3 heteroatoms. The fourth-order valence-electron chi connectivity index (χ4n) is 1.36. The number of aryl methyl sites for hydroxylation is 1. The molecule has 0 amide bonds. The molecule has 1 aliphatic rings. The van der Waals surface area contributed by atoms with Crippen LogP contribution in [0.5, 0.6) is 0 Å². The Labute approximate surface area is 68.8 Å². The third kappa shape index (κ3) is 0.875. The standard InChI is InChI=1S/C7H8ClNS/c8-7-3-4-5(9)1-2-6(4)10-7/h3,5H,1-2,9H2/t5-/m1/s1. The molecule has 54 valence electrons. The van der Waals surface area contributed by atoms with Crippen LogP contribution in [-0.2, 0) is 6.42 Å². The van der Waals surface area contributed by atoms with E-state index in [1.165, 1.54) is 10.4 Å². The minimum atomic E-state index is 0.249. The van der Waals surface area contributed by atoms with Crippen LogP contribution in [0.4, 0.5) is 0 Å². The van der Waals surface area contributed by atoms with Gasteiger partial charge in [-0.25, -0.2) is 0 Å². The number of rotatable bonds is 0. The largest absolute Gasteiger partial charge is 0.324 e. The quantitative estimate of drug-likeness (QED) is 0.641. The molecule has 1 heterocycles. The minimum absolute atomic E-state index is 0.249. The summed E-state index contributed by atoms with van der Waals surface area (Å²) in [6.45, 7) is 0. The lowest BCUT2D eigenvalue weighted by molar-refractivity contribution is 0.713. The van der Waals surface area contributed by atoms with Crippen LogP contribution >= 0.6 is 22.9 Å². The van der Waals surface area contributed by atoms with Gasteiger partial charge in [0.1, 0.15) is 0 Å². The summed E-state index contributed by atoms with van der Waals surface area (Å²) in [6.07, 6.45) is 2.21. The van der Waals surface area contributed by atoms with Crippen molar-refractivity contribution in [2.75, 3.05) is 0 Å². The van der Waals surface area contributed by atoms with Crippen molar-refractivity contribution in [2.24, 2.45) is 5.73 Å². The Morgan fingerprint density at radius 1 is 1.70 bits per heavy atom. The van der Waals surface area contributed by atoms with Gasteiger partial charge >= 0.3 is 0 Å². The molecule has 1 aromatic rings. The number of halogens is 1. The van der Waals surface area contributed by atoms with E-state index in [0.29, 0.717) is 0 Å². The fourth-order valence-corrected chi connectivity index (χ4v) is 2.73.